The van der Waals surface area contributed by atoms with Crippen LogP contribution in [0.3, 0.4) is 0 Å². The molecule has 5 nitrogen and oxygen atoms in total. The Labute approximate surface area is 172 Å². The second-order valence-electron chi connectivity index (χ2n) is 8.40. The zero-order valence-corrected chi connectivity index (χ0v) is 17.4. The van der Waals surface area contributed by atoms with Gasteiger partial charge in [0, 0.05) is 24.8 Å². The van der Waals surface area contributed by atoms with Gasteiger partial charge in [-0.15, -0.1) is 0 Å². The van der Waals surface area contributed by atoms with E-state index in [2.05, 4.69) is 24.1 Å². The van der Waals surface area contributed by atoms with Gasteiger partial charge in [-0.05, 0) is 61.1 Å². The van der Waals surface area contributed by atoms with Gasteiger partial charge in [0.1, 0.15) is 6.17 Å². The van der Waals surface area contributed by atoms with Crippen LogP contribution >= 0.6 is 0 Å². The molecule has 0 unspecified atom stereocenters. The van der Waals surface area contributed by atoms with E-state index in [9.17, 15) is 9.59 Å². The summed E-state index contributed by atoms with van der Waals surface area (Å²) in [4.78, 5) is 30.0. The molecule has 2 heterocycles. The molecule has 0 aliphatic carbocycles. The zero-order valence-electron chi connectivity index (χ0n) is 17.4. The van der Waals surface area contributed by atoms with E-state index in [0.717, 1.165) is 43.6 Å². The van der Waals surface area contributed by atoms with Crippen LogP contribution < -0.4 is 10.2 Å². The maximum absolute atomic E-state index is 13.0. The van der Waals surface area contributed by atoms with Gasteiger partial charge in [0.05, 0.1) is 11.3 Å². The number of nitrogens with one attached hydrogen (secondary N) is 1. The van der Waals surface area contributed by atoms with Gasteiger partial charge in [-0.2, -0.15) is 0 Å². The molecular weight excluding hydrogens is 362 g/mol. The van der Waals surface area contributed by atoms with Gasteiger partial charge in [-0.25, -0.2) is 0 Å². The van der Waals surface area contributed by atoms with E-state index >= 15 is 0 Å². The Morgan fingerprint density at radius 3 is 2.55 bits per heavy atom. The normalized spacial score (nSPS) is 18.9. The van der Waals surface area contributed by atoms with E-state index in [1.165, 1.54) is 5.56 Å². The third-order valence-electron chi connectivity index (χ3n) is 6.13. The van der Waals surface area contributed by atoms with Crippen LogP contribution in [0.4, 0.5) is 11.4 Å². The van der Waals surface area contributed by atoms with Crippen molar-refractivity contribution in [2.45, 2.75) is 51.6 Å². The molecule has 29 heavy (non-hydrogen) atoms. The van der Waals surface area contributed by atoms with Gasteiger partial charge in [0.2, 0.25) is 0 Å². The quantitative estimate of drug-likeness (QED) is 0.813. The first-order chi connectivity index (χ1) is 14.0. The molecule has 1 N–H and O–H groups in total. The fourth-order valence-electron chi connectivity index (χ4n) is 4.35. The number of carbonyl (C=O) groups is 2. The van der Waals surface area contributed by atoms with Crippen LogP contribution in [0.1, 0.15) is 71.7 Å². The van der Waals surface area contributed by atoms with E-state index in [0.29, 0.717) is 17.0 Å². The van der Waals surface area contributed by atoms with E-state index in [4.69, 9.17) is 0 Å². The monoisotopic (exact) mass is 391 g/mol. The van der Waals surface area contributed by atoms with Crippen LogP contribution in [0.15, 0.2) is 42.5 Å². The topological polar surface area (TPSA) is 52.7 Å². The maximum Gasteiger partial charge on any atom is 0.257 e. The summed E-state index contributed by atoms with van der Waals surface area (Å²) in [5.74, 6) is 0.382. The van der Waals surface area contributed by atoms with E-state index in [1.54, 1.807) is 12.1 Å². The number of nitrogens with zero attached hydrogens (tertiary/aromatic N) is 2. The Balaban J connectivity index is 1.57. The first-order valence-electron chi connectivity index (χ1n) is 10.5. The molecule has 2 amide bonds. The minimum absolute atomic E-state index is 0.0828. The number of anilines is 2. The van der Waals surface area contributed by atoms with E-state index < -0.39 is 0 Å². The third-order valence-corrected chi connectivity index (χ3v) is 6.13. The van der Waals surface area contributed by atoms with Crippen molar-refractivity contribution in [1.29, 1.82) is 0 Å². The average molecular weight is 392 g/mol. The lowest BCUT2D eigenvalue weighted by molar-refractivity contribution is 0.0661. The van der Waals surface area contributed by atoms with Crippen molar-refractivity contribution >= 4 is 23.2 Å². The summed E-state index contributed by atoms with van der Waals surface area (Å²) in [6.07, 6.45) is 4.40. The summed E-state index contributed by atoms with van der Waals surface area (Å²) in [6.45, 7) is 5.10. The van der Waals surface area contributed by atoms with E-state index in [1.807, 2.05) is 42.3 Å². The van der Waals surface area contributed by atoms with Crippen LogP contribution in [0, 0.1) is 0 Å². The van der Waals surface area contributed by atoms with Gasteiger partial charge in [0.15, 0.2) is 0 Å². The molecule has 0 saturated carbocycles. The first-order valence-corrected chi connectivity index (χ1v) is 10.5. The minimum Gasteiger partial charge on any atom is -0.354 e. The molecular formula is C24H29N3O2. The van der Waals surface area contributed by atoms with Crippen LogP contribution in [0.2, 0.25) is 0 Å². The van der Waals surface area contributed by atoms with Gasteiger partial charge in [-0.3, -0.25) is 9.59 Å². The fraction of sp³-hybridized carbons (Fsp3) is 0.417. The highest BCUT2D eigenvalue weighted by Gasteiger charge is 2.36. The molecule has 2 aromatic rings. The molecule has 0 spiro atoms. The second-order valence-corrected chi connectivity index (χ2v) is 8.40. The lowest BCUT2D eigenvalue weighted by atomic mass is 10.0. The molecule has 2 aromatic carbocycles. The molecule has 2 aliphatic heterocycles. The first kappa shape index (κ1) is 19.5. The molecule has 2 aliphatic rings. The number of fused-ring (bicyclic) bond motifs is 2. The average Bonchev–Trinajstić information content (AvgIpc) is 2.98. The smallest absolute Gasteiger partial charge is 0.257 e. The Kier molecular flexibility index (Phi) is 5.31. The number of amides is 2. The predicted octanol–water partition coefficient (Wildman–Crippen LogP) is 4.85. The number of carbonyl (C=O) groups excluding carboxylic acids is 2. The number of hydrogen-bond donors (Lipinski definition) is 1. The van der Waals surface area contributed by atoms with Crippen LogP contribution in [-0.2, 0) is 0 Å². The Bertz CT molecular complexity index is 920. The second kappa shape index (κ2) is 7.90. The highest BCUT2D eigenvalue weighted by atomic mass is 16.2. The van der Waals surface area contributed by atoms with Gasteiger partial charge >= 0.3 is 0 Å². The summed E-state index contributed by atoms with van der Waals surface area (Å²) in [6, 6.07) is 13.4. The van der Waals surface area contributed by atoms with Crippen molar-refractivity contribution in [1.82, 2.24) is 4.90 Å². The van der Waals surface area contributed by atoms with Gasteiger partial charge < -0.3 is 15.1 Å². The van der Waals surface area contributed by atoms with Crippen molar-refractivity contribution in [3.8, 4) is 0 Å². The van der Waals surface area contributed by atoms with Gasteiger partial charge in [0.25, 0.3) is 11.8 Å². The number of rotatable bonds is 3. The SMILES string of the molecule is CC(C)c1ccc(NC(=O)c2ccc3c(c2)N(C)[C@H]2CCCCCN2C3=O)cc1. The molecule has 0 aromatic heterocycles. The highest BCUT2D eigenvalue weighted by molar-refractivity contribution is 6.08. The Hall–Kier alpha value is -2.82. The van der Waals surface area contributed by atoms with Crippen LogP contribution in [0.25, 0.3) is 0 Å². The summed E-state index contributed by atoms with van der Waals surface area (Å²) in [5.41, 5.74) is 4.12. The van der Waals surface area contributed by atoms with Gasteiger partial charge in [-0.1, -0.05) is 32.4 Å². The molecule has 4 rings (SSSR count). The summed E-state index contributed by atoms with van der Waals surface area (Å²) in [7, 11) is 2.03. The van der Waals surface area contributed by atoms with Crippen molar-refractivity contribution < 1.29 is 9.59 Å². The largest absolute Gasteiger partial charge is 0.354 e. The Morgan fingerprint density at radius 1 is 1.07 bits per heavy atom. The molecule has 1 fully saturated rings. The Morgan fingerprint density at radius 2 is 1.83 bits per heavy atom. The van der Waals surface area contributed by atoms with Crippen molar-refractivity contribution in [3.05, 3.63) is 59.2 Å². The standard InChI is InChI=1S/C24H29N3O2/c1-16(2)17-8-11-19(12-9-17)25-23(28)18-10-13-20-21(15-18)26(3)22-7-5-4-6-14-27(22)24(20)29/h8-13,15-16,22H,4-7,14H2,1-3H3,(H,25,28)/t22-/m1/s1. The molecule has 152 valence electrons. The molecule has 0 bridgehead atoms. The molecule has 1 saturated heterocycles. The molecule has 0 radical (unpaired) electrons. The molecule has 1 atom stereocenters. The van der Waals surface area contributed by atoms with E-state index in [-0.39, 0.29) is 18.0 Å². The highest BCUT2D eigenvalue weighted by Crippen LogP contribution is 2.34. The lowest BCUT2D eigenvalue weighted by Gasteiger charge is -2.43. The van der Waals surface area contributed by atoms with Crippen LogP contribution in [0.5, 0.6) is 0 Å². The summed E-state index contributed by atoms with van der Waals surface area (Å²) < 4.78 is 0. The predicted molar refractivity (Wildman–Crippen MR) is 117 cm³/mol. The number of hydrogen-bond acceptors (Lipinski definition) is 3. The zero-order chi connectivity index (χ0) is 20.5. The van der Waals surface area contributed by atoms with Crippen molar-refractivity contribution in [2.24, 2.45) is 0 Å². The maximum atomic E-state index is 13.0. The third kappa shape index (κ3) is 3.74. The van der Waals surface area contributed by atoms with Crippen LogP contribution in [-0.4, -0.2) is 36.5 Å². The summed E-state index contributed by atoms with van der Waals surface area (Å²) >= 11 is 0. The number of benzene rings is 2. The minimum atomic E-state index is -0.158. The lowest BCUT2D eigenvalue weighted by Crippen LogP contribution is -2.53. The molecule has 5 heteroatoms. The van der Waals surface area contributed by atoms with Crippen molar-refractivity contribution in [3.63, 3.8) is 0 Å². The fourth-order valence-corrected chi connectivity index (χ4v) is 4.35. The summed E-state index contributed by atoms with van der Waals surface area (Å²) in [5, 5.41) is 2.97. The van der Waals surface area contributed by atoms with Crippen molar-refractivity contribution in [2.75, 3.05) is 23.8 Å².